The van der Waals surface area contributed by atoms with Gasteiger partial charge in [-0.2, -0.15) is 0 Å². The minimum atomic E-state index is 0.230. The highest BCUT2D eigenvalue weighted by molar-refractivity contribution is 5.49. The Hall–Kier alpha value is -1.22. The fourth-order valence-corrected chi connectivity index (χ4v) is 2.97. The van der Waals surface area contributed by atoms with E-state index in [1.54, 1.807) is 0 Å². The lowest BCUT2D eigenvalue weighted by Gasteiger charge is -2.27. The Morgan fingerprint density at radius 1 is 1.19 bits per heavy atom. The third-order valence-corrected chi connectivity index (χ3v) is 3.81. The summed E-state index contributed by atoms with van der Waals surface area (Å²) in [6, 6.07) is 9.15. The van der Waals surface area contributed by atoms with E-state index in [-0.39, 0.29) is 6.10 Å². The van der Waals surface area contributed by atoms with Crippen molar-refractivity contribution in [3.8, 4) is 5.75 Å². The second-order valence-corrected chi connectivity index (χ2v) is 6.74. The van der Waals surface area contributed by atoms with Gasteiger partial charge in [-0.15, -0.1) is 0 Å². The van der Waals surface area contributed by atoms with E-state index in [0.717, 1.165) is 31.3 Å². The van der Waals surface area contributed by atoms with Crippen LogP contribution >= 0.6 is 0 Å². The molecule has 118 valence electrons. The molecular formula is C18H30N2O. The molecule has 0 radical (unpaired) electrons. The molecule has 1 aliphatic rings. The number of ether oxygens (including phenoxy) is 1. The van der Waals surface area contributed by atoms with Crippen molar-refractivity contribution in [1.82, 2.24) is 5.32 Å². The quantitative estimate of drug-likeness (QED) is 0.895. The van der Waals surface area contributed by atoms with E-state index in [0.29, 0.717) is 6.04 Å². The molecule has 1 aliphatic heterocycles. The van der Waals surface area contributed by atoms with Crippen LogP contribution in [0.15, 0.2) is 24.3 Å². The van der Waals surface area contributed by atoms with Crippen LogP contribution in [-0.2, 0) is 0 Å². The lowest BCUT2D eigenvalue weighted by Crippen LogP contribution is -2.38. The normalized spacial score (nSPS) is 19.9. The van der Waals surface area contributed by atoms with E-state index < -0.39 is 0 Å². The second-order valence-electron chi connectivity index (χ2n) is 6.74. The zero-order valence-electron chi connectivity index (χ0n) is 13.9. The third kappa shape index (κ3) is 5.24. The minimum absolute atomic E-state index is 0.230. The molecule has 3 heteroatoms. The smallest absolute Gasteiger partial charge is 0.119 e. The predicted octanol–water partition coefficient (Wildman–Crippen LogP) is 3.69. The fraction of sp³-hybridized carbons (Fsp3) is 0.667. The summed E-state index contributed by atoms with van der Waals surface area (Å²) < 4.78 is 5.72. The molecule has 0 bridgehead atoms. The van der Waals surface area contributed by atoms with Crippen LogP contribution < -0.4 is 15.0 Å². The van der Waals surface area contributed by atoms with Gasteiger partial charge >= 0.3 is 0 Å². The topological polar surface area (TPSA) is 24.5 Å². The molecule has 21 heavy (non-hydrogen) atoms. The van der Waals surface area contributed by atoms with Gasteiger partial charge in [-0.25, -0.2) is 0 Å². The molecule has 0 aliphatic carbocycles. The maximum Gasteiger partial charge on any atom is 0.119 e. The molecular weight excluding hydrogens is 260 g/mol. The number of nitrogens with zero attached hydrogens (tertiary/aromatic N) is 1. The van der Waals surface area contributed by atoms with Crippen LogP contribution in [0.1, 0.15) is 40.5 Å². The lowest BCUT2D eigenvalue weighted by atomic mass is 10.0. The molecule has 1 saturated heterocycles. The molecule has 0 amide bonds. The van der Waals surface area contributed by atoms with Crippen molar-refractivity contribution in [1.29, 1.82) is 0 Å². The van der Waals surface area contributed by atoms with Gasteiger partial charge in [0.15, 0.2) is 0 Å². The predicted molar refractivity (Wildman–Crippen MR) is 90.3 cm³/mol. The third-order valence-electron chi connectivity index (χ3n) is 3.81. The highest BCUT2D eigenvalue weighted by Crippen LogP contribution is 2.22. The van der Waals surface area contributed by atoms with Gasteiger partial charge in [-0.05, 0) is 63.4 Å². The van der Waals surface area contributed by atoms with Crippen LogP contribution in [0.2, 0.25) is 0 Å². The van der Waals surface area contributed by atoms with Gasteiger partial charge in [0.1, 0.15) is 5.75 Å². The van der Waals surface area contributed by atoms with E-state index in [1.807, 2.05) is 0 Å². The minimum Gasteiger partial charge on any atom is -0.491 e. The van der Waals surface area contributed by atoms with Crippen LogP contribution in [0.5, 0.6) is 5.75 Å². The molecule has 2 rings (SSSR count). The summed E-state index contributed by atoms with van der Waals surface area (Å²) in [5, 5.41) is 3.68. The van der Waals surface area contributed by atoms with Gasteiger partial charge in [-0.3, -0.25) is 0 Å². The molecule has 1 fully saturated rings. The van der Waals surface area contributed by atoms with E-state index in [2.05, 4.69) is 62.2 Å². The first kappa shape index (κ1) is 16.2. The van der Waals surface area contributed by atoms with E-state index in [9.17, 15) is 0 Å². The molecule has 0 saturated carbocycles. The Labute approximate surface area is 129 Å². The number of nitrogens with one attached hydrogen (secondary N) is 1. The molecule has 0 aromatic heterocycles. The standard InChI is InChI=1S/C18H30N2O/c1-14(2)12-16-13-20(11-5-10-19-16)17-6-8-18(9-7-17)21-15(3)4/h6-9,14-16,19H,5,10-13H2,1-4H3. The van der Waals surface area contributed by atoms with Crippen molar-refractivity contribution in [2.24, 2.45) is 5.92 Å². The number of hydrogen-bond donors (Lipinski definition) is 1. The van der Waals surface area contributed by atoms with Gasteiger partial charge in [0, 0.05) is 24.8 Å². The first-order valence-electron chi connectivity index (χ1n) is 8.29. The summed E-state index contributed by atoms with van der Waals surface area (Å²) in [5.74, 6) is 1.70. The van der Waals surface area contributed by atoms with Crippen molar-refractivity contribution in [2.45, 2.75) is 52.7 Å². The highest BCUT2D eigenvalue weighted by Gasteiger charge is 2.18. The summed E-state index contributed by atoms with van der Waals surface area (Å²) >= 11 is 0. The highest BCUT2D eigenvalue weighted by atomic mass is 16.5. The van der Waals surface area contributed by atoms with Crippen LogP contribution in [0.3, 0.4) is 0 Å². The Bertz CT molecular complexity index is 414. The second kappa shape index (κ2) is 7.69. The Kier molecular flexibility index (Phi) is 5.92. The van der Waals surface area contributed by atoms with Crippen molar-refractivity contribution in [3.05, 3.63) is 24.3 Å². The molecule has 1 unspecified atom stereocenters. The van der Waals surface area contributed by atoms with Gasteiger partial charge in [0.25, 0.3) is 0 Å². The maximum atomic E-state index is 5.72. The summed E-state index contributed by atoms with van der Waals surface area (Å²) in [5.41, 5.74) is 1.31. The van der Waals surface area contributed by atoms with Gasteiger partial charge in [0.05, 0.1) is 6.10 Å². The molecule has 0 spiro atoms. The van der Waals surface area contributed by atoms with Crippen molar-refractivity contribution in [3.63, 3.8) is 0 Å². The van der Waals surface area contributed by atoms with Gasteiger partial charge < -0.3 is 15.0 Å². The van der Waals surface area contributed by atoms with Crippen LogP contribution in [-0.4, -0.2) is 31.8 Å². The SMILES string of the molecule is CC(C)CC1CN(c2ccc(OC(C)C)cc2)CCCN1. The van der Waals surface area contributed by atoms with Gasteiger partial charge in [-0.1, -0.05) is 13.8 Å². The molecule has 3 nitrogen and oxygen atoms in total. The lowest BCUT2D eigenvalue weighted by molar-refractivity contribution is 0.242. The number of hydrogen-bond acceptors (Lipinski definition) is 3. The summed E-state index contributed by atoms with van der Waals surface area (Å²) in [7, 11) is 0. The number of benzene rings is 1. The zero-order chi connectivity index (χ0) is 15.2. The van der Waals surface area contributed by atoms with Crippen LogP contribution in [0.25, 0.3) is 0 Å². The van der Waals surface area contributed by atoms with Crippen LogP contribution in [0, 0.1) is 5.92 Å². The van der Waals surface area contributed by atoms with E-state index in [4.69, 9.17) is 4.74 Å². The first-order valence-corrected chi connectivity index (χ1v) is 8.29. The van der Waals surface area contributed by atoms with Crippen LogP contribution in [0.4, 0.5) is 5.69 Å². The molecule has 1 atom stereocenters. The summed E-state index contributed by atoms with van der Waals surface area (Å²) in [6.45, 7) is 12.1. The number of rotatable bonds is 5. The summed E-state index contributed by atoms with van der Waals surface area (Å²) in [6.07, 6.45) is 2.68. The van der Waals surface area contributed by atoms with E-state index >= 15 is 0 Å². The average molecular weight is 290 g/mol. The molecule has 1 aromatic rings. The Morgan fingerprint density at radius 3 is 2.52 bits per heavy atom. The maximum absolute atomic E-state index is 5.72. The number of anilines is 1. The monoisotopic (exact) mass is 290 g/mol. The van der Waals surface area contributed by atoms with E-state index in [1.165, 1.54) is 18.5 Å². The summed E-state index contributed by atoms with van der Waals surface area (Å²) in [4.78, 5) is 2.51. The molecule has 1 N–H and O–H groups in total. The Balaban J connectivity index is 2.01. The largest absolute Gasteiger partial charge is 0.491 e. The molecule has 1 heterocycles. The van der Waals surface area contributed by atoms with Crippen molar-refractivity contribution >= 4 is 5.69 Å². The van der Waals surface area contributed by atoms with Crippen molar-refractivity contribution in [2.75, 3.05) is 24.5 Å². The zero-order valence-corrected chi connectivity index (χ0v) is 13.9. The van der Waals surface area contributed by atoms with Crippen molar-refractivity contribution < 1.29 is 4.74 Å². The van der Waals surface area contributed by atoms with Gasteiger partial charge in [0.2, 0.25) is 0 Å². The first-order chi connectivity index (χ1) is 10.0. The Morgan fingerprint density at radius 2 is 1.90 bits per heavy atom. The fourth-order valence-electron chi connectivity index (χ4n) is 2.97. The average Bonchev–Trinajstić information content (AvgIpc) is 2.64. The molecule has 1 aromatic carbocycles.